The van der Waals surface area contributed by atoms with Gasteiger partial charge in [0.2, 0.25) is 0 Å². The van der Waals surface area contributed by atoms with E-state index in [0.29, 0.717) is 6.10 Å². The molecule has 1 aliphatic heterocycles. The van der Waals surface area contributed by atoms with E-state index < -0.39 is 0 Å². The van der Waals surface area contributed by atoms with Gasteiger partial charge in [-0.05, 0) is 43.7 Å². The molecule has 2 nitrogen and oxygen atoms in total. The summed E-state index contributed by atoms with van der Waals surface area (Å²) in [6.45, 7) is 3.07. The third-order valence-corrected chi connectivity index (χ3v) is 3.33. The van der Waals surface area contributed by atoms with Crippen LogP contribution in [-0.2, 0) is 11.2 Å². The molecule has 0 spiro atoms. The van der Waals surface area contributed by atoms with Crippen LogP contribution in [0, 0.1) is 6.92 Å². The van der Waals surface area contributed by atoms with Crippen LogP contribution in [0.1, 0.15) is 30.4 Å². The molecule has 1 aromatic rings. The molecule has 1 heterocycles. The highest BCUT2D eigenvalue weighted by molar-refractivity contribution is 5.26. The van der Waals surface area contributed by atoms with Crippen LogP contribution in [0.25, 0.3) is 0 Å². The number of rotatable bonds is 4. The molecule has 1 aliphatic rings. The van der Waals surface area contributed by atoms with Gasteiger partial charge in [-0.1, -0.05) is 24.3 Å². The number of benzene rings is 1. The molecule has 2 atom stereocenters. The quantitative estimate of drug-likeness (QED) is 0.844. The Kier molecular flexibility index (Phi) is 3.97. The van der Waals surface area contributed by atoms with E-state index in [4.69, 9.17) is 10.5 Å². The van der Waals surface area contributed by atoms with Crippen molar-refractivity contribution in [1.82, 2.24) is 0 Å². The minimum absolute atomic E-state index is 0.226. The number of nitrogens with two attached hydrogens (primary N) is 1. The van der Waals surface area contributed by atoms with Gasteiger partial charge in [0.25, 0.3) is 0 Å². The van der Waals surface area contributed by atoms with Gasteiger partial charge in [-0.2, -0.15) is 0 Å². The first-order valence-corrected chi connectivity index (χ1v) is 6.17. The minimum Gasteiger partial charge on any atom is -0.378 e. The van der Waals surface area contributed by atoms with Crippen molar-refractivity contribution in [2.24, 2.45) is 5.73 Å². The summed E-state index contributed by atoms with van der Waals surface area (Å²) in [5.41, 5.74) is 8.88. The second-order valence-corrected chi connectivity index (χ2v) is 4.76. The summed E-state index contributed by atoms with van der Waals surface area (Å²) in [6.07, 6.45) is 4.74. The maximum absolute atomic E-state index is 6.17. The smallest absolute Gasteiger partial charge is 0.0590 e. The highest BCUT2D eigenvalue weighted by Crippen LogP contribution is 2.18. The summed E-state index contributed by atoms with van der Waals surface area (Å²) >= 11 is 0. The molecule has 0 saturated carbocycles. The van der Waals surface area contributed by atoms with E-state index in [-0.39, 0.29) is 6.04 Å². The van der Waals surface area contributed by atoms with Crippen LogP contribution in [0.15, 0.2) is 24.3 Å². The molecule has 2 rings (SSSR count). The number of hydrogen-bond acceptors (Lipinski definition) is 2. The Balaban J connectivity index is 1.86. The Morgan fingerprint density at radius 1 is 1.44 bits per heavy atom. The normalized spacial score (nSPS) is 22.2. The maximum atomic E-state index is 6.17. The van der Waals surface area contributed by atoms with Gasteiger partial charge in [0.1, 0.15) is 0 Å². The summed E-state index contributed by atoms with van der Waals surface area (Å²) in [4.78, 5) is 0. The Hall–Kier alpha value is -0.860. The zero-order chi connectivity index (χ0) is 11.4. The van der Waals surface area contributed by atoms with Gasteiger partial charge in [-0.15, -0.1) is 0 Å². The highest BCUT2D eigenvalue weighted by Gasteiger charge is 2.18. The van der Waals surface area contributed by atoms with E-state index in [0.717, 1.165) is 19.4 Å². The van der Waals surface area contributed by atoms with Gasteiger partial charge in [0.15, 0.2) is 0 Å². The zero-order valence-electron chi connectivity index (χ0n) is 9.99. The number of hydrogen-bond donors (Lipinski definition) is 1. The molecular formula is C14H21NO. The van der Waals surface area contributed by atoms with Gasteiger partial charge in [0.05, 0.1) is 6.10 Å². The fourth-order valence-corrected chi connectivity index (χ4v) is 2.37. The maximum Gasteiger partial charge on any atom is 0.0590 e. The molecular weight excluding hydrogens is 198 g/mol. The summed E-state index contributed by atoms with van der Waals surface area (Å²) in [6, 6.07) is 8.70. The van der Waals surface area contributed by atoms with E-state index in [1.807, 2.05) is 0 Å². The van der Waals surface area contributed by atoms with Crippen molar-refractivity contribution in [2.45, 2.75) is 44.8 Å². The molecule has 2 N–H and O–H groups in total. The lowest BCUT2D eigenvalue weighted by atomic mass is 9.97. The Morgan fingerprint density at radius 3 is 2.94 bits per heavy atom. The van der Waals surface area contributed by atoms with Crippen molar-refractivity contribution < 1.29 is 4.74 Å². The molecule has 2 heteroatoms. The Labute approximate surface area is 97.8 Å². The average molecular weight is 219 g/mol. The van der Waals surface area contributed by atoms with Crippen molar-refractivity contribution in [2.75, 3.05) is 6.61 Å². The van der Waals surface area contributed by atoms with Crippen LogP contribution in [-0.4, -0.2) is 18.8 Å². The highest BCUT2D eigenvalue weighted by atomic mass is 16.5. The lowest BCUT2D eigenvalue weighted by Gasteiger charge is -2.17. The molecule has 0 aromatic heterocycles. The van der Waals surface area contributed by atoms with E-state index in [1.165, 1.54) is 24.0 Å². The second-order valence-electron chi connectivity index (χ2n) is 4.76. The molecule has 1 fully saturated rings. The molecule has 88 valence electrons. The predicted octanol–water partition coefficient (Wildman–Crippen LogP) is 2.43. The van der Waals surface area contributed by atoms with Crippen LogP contribution in [0.3, 0.4) is 0 Å². The molecule has 2 unspecified atom stereocenters. The van der Waals surface area contributed by atoms with Gasteiger partial charge < -0.3 is 10.5 Å². The standard InChI is InChI=1S/C14H21NO/c1-11-5-2-3-6-12(11)9-13(15)10-14-7-4-8-16-14/h2-3,5-6,13-14H,4,7-10,15H2,1H3. The van der Waals surface area contributed by atoms with Crippen molar-refractivity contribution >= 4 is 0 Å². The Morgan fingerprint density at radius 2 is 2.25 bits per heavy atom. The van der Waals surface area contributed by atoms with Crippen LogP contribution in [0.5, 0.6) is 0 Å². The molecule has 0 bridgehead atoms. The third-order valence-electron chi connectivity index (χ3n) is 3.33. The van der Waals surface area contributed by atoms with Gasteiger partial charge in [-0.3, -0.25) is 0 Å². The second kappa shape index (κ2) is 5.46. The molecule has 0 amide bonds. The molecule has 16 heavy (non-hydrogen) atoms. The first-order chi connectivity index (χ1) is 7.75. The van der Waals surface area contributed by atoms with Gasteiger partial charge in [0, 0.05) is 12.6 Å². The summed E-state index contributed by atoms with van der Waals surface area (Å²) < 4.78 is 5.61. The predicted molar refractivity (Wildman–Crippen MR) is 66.4 cm³/mol. The van der Waals surface area contributed by atoms with Crippen LogP contribution < -0.4 is 5.73 Å². The van der Waals surface area contributed by atoms with E-state index in [2.05, 4.69) is 31.2 Å². The largest absolute Gasteiger partial charge is 0.378 e. The topological polar surface area (TPSA) is 35.2 Å². The summed E-state index contributed by atoms with van der Waals surface area (Å²) in [5, 5.41) is 0. The molecule has 0 radical (unpaired) electrons. The average Bonchev–Trinajstić information content (AvgIpc) is 2.74. The first-order valence-electron chi connectivity index (χ1n) is 6.17. The van der Waals surface area contributed by atoms with E-state index in [9.17, 15) is 0 Å². The summed E-state index contributed by atoms with van der Waals surface area (Å²) in [5.74, 6) is 0. The monoisotopic (exact) mass is 219 g/mol. The van der Waals surface area contributed by atoms with Crippen molar-refractivity contribution in [3.05, 3.63) is 35.4 Å². The van der Waals surface area contributed by atoms with Crippen molar-refractivity contribution in [3.63, 3.8) is 0 Å². The first kappa shape index (κ1) is 11.6. The van der Waals surface area contributed by atoms with Crippen LogP contribution >= 0.6 is 0 Å². The van der Waals surface area contributed by atoms with Crippen LogP contribution in [0.2, 0.25) is 0 Å². The van der Waals surface area contributed by atoms with Crippen molar-refractivity contribution in [1.29, 1.82) is 0 Å². The molecule has 1 aromatic carbocycles. The number of ether oxygens (including phenoxy) is 1. The zero-order valence-corrected chi connectivity index (χ0v) is 9.99. The molecule has 0 aliphatic carbocycles. The van der Waals surface area contributed by atoms with Crippen LogP contribution in [0.4, 0.5) is 0 Å². The summed E-state index contributed by atoms with van der Waals surface area (Å²) in [7, 11) is 0. The fraction of sp³-hybridized carbons (Fsp3) is 0.571. The Bertz CT molecular complexity index is 331. The lowest BCUT2D eigenvalue weighted by molar-refractivity contribution is 0.0983. The number of aryl methyl sites for hydroxylation is 1. The van der Waals surface area contributed by atoms with E-state index in [1.54, 1.807) is 0 Å². The lowest BCUT2D eigenvalue weighted by Crippen LogP contribution is -2.28. The van der Waals surface area contributed by atoms with Crippen molar-refractivity contribution in [3.8, 4) is 0 Å². The molecule has 1 saturated heterocycles. The third kappa shape index (κ3) is 3.06. The van der Waals surface area contributed by atoms with E-state index >= 15 is 0 Å². The fourth-order valence-electron chi connectivity index (χ4n) is 2.37. The van der Waals surface area contributed by atoms with Gasteiger partial charge in [-0.25, -0.2) is 0 Å². The van der Waals surface area contributed by atoms with Gasteiger partial charge >= 0.3 is 0 Å². The SMILES string of the molecule is Cc1ccccc1CC(N)CC1CCCO1. The minimum atomic E-state index is 0.226.